The number of aromatic nitrogens is 1. The number of carbonyl (C=O) groups is 2. The molecule has 0 radical (unpaired) electrons. The number of hydrogen-bond acceptors (Lipinski definition) is 4. The summed E-state index contributed by atoms with van der Waals surface area (Å²) in [4.78, 5) is 28.1. The van der Waals surface area contributed by atoms with Crippen LogP contribution in [0, 0.1) is 6.92 Å². The van der Waals surface area contributed by atoms with E-state index in [1.54, 1.807) is 0 Å². The molecule has 1 aromatic heterocycles. The van der Waals surface area contributed by atoms with E-state index in [-0.39, 0.29) is 12.3 Å². The zero-order chi connectivity index (χ0) is 17.7. The summed E-state index contributed by atoms with van der Waals surface area (Å²) in [6.45, 7) is 5.45. The summed E-state index contributed by atoms with van der Waals surface area (Å²) in [7, 11) is 0. The number of thiazole rings is 1. The molecule has 1 unspecified atom stereocenters. The van der Waals surface area contributed by atoms with Gasteiger partial charge in [0.05, 0.1) is 12.1 Å². The number of carbonyl (C=O) groups excluding carboxylic acids is 1. The Morgan fingerprint density at radius 3 is 2.54 bits per heavy atom. The molecule has 5 nitrogen and oxygen atoms in total. The Kier molecular flexibility index (Phi) is 5.72. The van der Waals surface area contributed by atoms with Crippen molar-refractivity contribution in [2.45, 2.75) is 45.6 Å². The van der Waals surface area contributed by atoms with Crippen molar-refractivity contribution >= 4 is 23.2 Å². The van der Waals surface area contributed by atoms with E-state index in [1.165, 1.54) is 23.8 Å². The highest BCUT2D eigenvalue weighted by molar-refractivity contribution is 7.13. The maximum Gasteiger partial charge on any atom is 0.329 e. The monoisotopic (exact) mass is 346 g/mol. The van der Waals surface area contributed by atoms with Gasteiger partial charge in [0.1, 0.15) is 10.5 Å². The fourth-order valence-electron chi connectivity index (χ4n) is 2.46. The third kappa shape index (κ3) is 4.41. The Hall–Kier alpha value is -2.21. The van der Waals surface area contributed by atoms with Gasteiger partial charge in [-0.1, -0.05) is 43.2 Å². The van der Waals surface area contributed by atoms with Gasteiger partial charge in [-0.3, -0.25) is 4.79 Å². The highest BCUT2D eigenvalue weighted by Crippen LogP contribution is 2.24. The van der Waals surface area contributed by atoms with E-state index in [1.807, 2.05) is 43.5 Å². The van der Waals surface area contributed by atoms with Gasteiger partial charge in [-0.25, -0.2) is 9.78 Å². The van der Waals surface area contributed by atoms with Gasteiger partial charge in [0.15, 0.2) is 0 Å². The maximum atomic E-state index is 12.2. The first-order valence-corrected chi connectivity index (χ1v) is 8.78. The van der Waals surface area contributed by atoms with Gasteiger partial charge in [-0.2, -0.15) is 0 Å². The van der Waals surface area contributed by atoms with Crippen LogP contribution in [0.4, 0.5) is 0 Å². The Bertz CT molecular complexity index is 724. The second-order valence-electron chi connectivity index (χ2n) is 6.12. The molecular formula is C18H22N2O3S. The summed E-state index contributed by atoms with van der Waals surface area (Å²) in [5.41, 5.74) is 1.61. The van der Waals surface area contributed by atoms with Crippen molar-refractivity contribution in [3.63, 3.8) is 0 Å². The zero-order valence-electron chi connectivity index (χ0n) is 14.1. The van der Waals surface area contributed by atoms with Crippen LogP contribution >= 0.6 is 11.3 Å². The van der Waals surface area contributed by atoms with Gasteiger partial charge in [-0.05, 0) is 20.3 Å². The lowest BCUT2D eigenvalue weighted by molar-refractivity contribution is -0.147. The molecule has 1 heterocycles. The van der Waals surface area contributed by atoms with E-state index in [2.05, 4.69) is 10.3 Å². The van der Waals surface area contributed by atoms with Crippen LogP contribution in [0.1, 0.15) is 37.9 Å². The molecule has 0 aliphatic carbocycles. The summed E-state index contributed by atoms with van der Waals surface area (Å²) in [5.74, 6) is -1.34. The Morgan fingerprint density at radius 2 is 1.96 bits per heavy atom. The fraction of sp³-hybridized carbons (Fsp3) is 0.389. The van der Waals surface area contributed by atoms with Crippen molar-refractivity contribution in [2.75, 3.05) is 0 Å². The average molecular weight is 346 g/mol. The van der Waals surface area contributed by atoms with Crippen LogP contribution in [0.2, 0.25) is 0 Å². The van der Waals surface area contributed by atoms with Crippen molar-refractivity contribution in [1.29, 1.82) is 0 Å². The number of nitrogens with zero attached hydrogens (tertiary/aromatic N) is 1. The summed E-state index contributed by atoms with van der Waals surface area (Å²) < 4.78 is 0. The average Bonchev–Trinajstić information content (AvgIpc) is 2.96. The molecule has 0 aliphatic heterocycles. The number of carboxylic acids is 1. The van der Waals surface area contributed by atoms with E-state index in [9.17, 15) is 14.7 Å². The quantitative estimate of drug-likeness (QED) is 0.805. The number of rotatable bonds is 7. The number of hydrogen-bond donors (Lipinski definition) is 2. The predicted molar refractivity (Wildman–Crippen MR) is 95.1 cm³/mol. The summed E-state index contributed by atoms with van der Waals surface area (Å²) >= 11 is 1.48. The molecule has 0 saturated heterocycles. The standard InChI is InChI=1S/C18H22N2O3S/c1-4-9-18(3,17(22)23)20-15(21)10-14-11-24-16(19-14)13-7-5-12(2)6-8-13/h5-8,11H,4,9-10H2,1-3H3,(H,20,21)(H,22,23). The van der Waals surface area contributed by atoms with Crippen LogP contribution in [0.5, 0.6) is 0 Å². The predicted octanol–water partition coefficient (Wildman–Crippen LogP) is 3.42. The SMILES string of the molecule is CCCC(C)(NC(=O)Cc1csc(-c2ccc(C)cc2)n1)C(=O)O. The van der Waals surface area contributed by atoms with Crippen LogP contribution in [-0.2, 0) is 16.0 Å². The smallest absolute Gasteiger partial charge is 0.329 e. The first-order chi connectivity index (χ1) is 11.3. The van der Waals surface area contributed by atoms with Crippen molar-refractivity contribution < 1.29 is 14.7 Å². The van der Waals surface area contributed by atoms with Crippen LogP contribution < -0.4 is 5.32 Å². The van der Waals surface area contributed by atoms with Crippen LogP contribution in [0.3, 0.4) is 0 Å². The molecular weight excluding hydrogens is 324 g/mol. The molecule has 0 spiro atoms. The lowest BCUT2D eigenvalue weighted by Crippen LogP contribution is -2.52. The molecule has 1 amide bonds. The van der Waals surface area contributed by atoms with Gasteiger partial charge >= 0.3 is 5.97 Å². The number of amides is 1. The van der Waals surface area contributed by atoms with E-state index in [0.717, 1.165) is 10.6 Å². The minimum absolute atomic E-state index is 0.0783. The topological polar surface area (TPSA) is 79.3 Å². The first-order valence-electron chi connectivity index (χ1n) is 7.90. The molecule has 2 aromatic rings. The zero-order valence-corrected chi connectivity index (χ0v) is 14.9. The normalized spacial score (nSPS) is 13.3. The number of nitrogens with one attached hydrogen (secondary N) is 1. The minimum Gasteiger partial charge on any atom is -0.480 e. The molecule has 0 fully saturated rings. The fourth-order valence-corrected chi connectivity index (χ4v) is 3.28. The van der Waals surface area contributed by atoms with Gasteiger partial charge < -0.3 is 10.4 Å². The maximum absolute atomic E-state index is 12.2. The van der Waals surface area contributed by atoms with Crippen molar-refractivity contribution in [3.05, 3.63) is 40.9 Å². The lowest BCUT2D eigenvalue weighted by atomic mass is 9.96. The summed E-state index contributed by atoms with van der Waals surface area (Å²) in [6.07, 6.45) is 1.14. The van der Waals surface area contributed by atoms with Crippen LogP contribution in [0.15, 0.2) is 29.6 Å². The molecule has 24 heavy (non-hydrogen) atoms. The first kappa shape index (κ1) is 18.1. The van der Waals surface area contributed by atoms with E-state index < -0.39 is 11.5 Å². The molecule has 128 valence electrons. The van der Waals surface area contributed by atoms with Crippen molar-refractivity contribution in [3.8, 4) is 10.6 Å². The summed E-state index contributed by atoms with van der Waals surface area (Å²) in [6, 6.07) is 8.04. The largest absolute Gasteiger partial charge is 0.480 e. The molecule has 1 atom stereocenters. The van der Waals surface area contributed by atoms with Crippen LogP contribution in [0.25, 0.3) is 10.6 Å². The van der Waals surface area contributed by atoms with Crippen LogP contribution in [-0.4, -0.2) is 27.5 Å². The Labute approximate surface area is 145 Å². The molecule has 6 heteroatoms. The molecule has 0 aliphatic rings. The third-order valence-corrected chi connectivity index (χ3v) is 4.77. The highest BCUT2D eigenvalue weighted by Gasteiger charge is 2.33. The van der Waals surface area contributed by atoms with Gasteiger partial charge in [0.25, 0.3) is 0 Å². The molecule has 1 aromatic carbocycles. The second kappa shape index (κ2) is 7.57. The Morgan fingerprint density at radius 1 is 1.29 bits per heavy atom. The number of benzene rings is 1. The minimum atomic E-state index is -1.23. The van der Waals surface area contributed by atoms with Crippen molar-refractivity contribution in [1.82, 2.24) is 10.3 Å². The van der Waals surface area contributed by atoms with E-state index in [0.29, 0.717) is 18.5 Å². The molecule has 0 saturated carbocycles. The second-order valence-corrected chi connectivity index (χ2v) is 6.98. The lowest BCUT2D eigenvalue weighted by Gasteiger charge is -2.25. The van der Waals surface area contributed by atoms with E-state index in [4.69, 9.17) is 0 Å². The van der Waals surface area contributed by atoms with Gasteiger partial charge in [0, 0.05) is 10.9 Å². The molecule has 2 N–H and O–H groups in total. The highest BCUT2D eigenvalue weighted by atomic mass is 32.1. The Balaban J connectivity index is 2.05. The number of aliphatic carboxylic acids is 1. The molecule has 2 rings (SSSR count). The third-order valence-electron chi connectivity index (χ3n) is 3.83. The van der Waals surface area contributed by atoms with Gasteiger partial charge in [-0.15, -0.1) is 11.3 Å². The summed E-state index contributed by atoms with van der Waals surface area (Å²) in [5, 5.41) is 14.6. The molecule has 0 bridgehead atoms. The van der Waals surface area contributed by atoms with Crippen molar-refractivity contribution in [2.24, 2.45) is 0 Å². The number of carboxylic acid groups (broad SMARTS) is 1. The number of aryl methyl sites for hydroxylation is 1. The van der Waals surface area contributed by atoms with Gasteiger partial charge in [0.2, 0.25) is 5.91 Å². The van der Waals surface area contributed by atoms with E-state index >= 15 is 0 Å².